The Morgan fingerprint density at radius 3 is 1.32 bits per heavy atom. The van der Waals surface area contributed by atoms with Crippen LogP contribution in [0, 0.1) is 0 Å². The fourth-order valence-corrected chi connectivity index (χ4v) is 5.24. The maximum Gasteiger partial charge on any atom is 2.00 e. The molecule has 3 aromatic heterocycles. The fraction of sp³-hybridized carbons (Fsp3) is 0.387. The van der Waals surface area contributed by atoms with E-state index in [1.54, 1.807) is 0 Å². The second-order valence-corrected chi connectivity index (χ2v) is 9.61. The van der Waals surface area contributed by atoms with Gasteiger partial charge in [-0.2, -0.15) is 0 Å². The molecule has 0 aliphatic carbocycles. The van der Waals surface area contributed by atoms with Crippen LogP contribution in [0.4, 0.5) is 0 Å². The second-order valence-electron chi connectivity index (χ2n) is 9.61. The van der Waals surface area contributed by atoms with Gasteiger partial charge >= 0.3 is 16.8 Å². The summed E-state index contributed by atoms with van der Waals surface area (Å²) < 4.78 is 4.65. The molecule has 0 aliphatic rings. The Morgan fingerprint density at radius 2 is 0.927 bits per heavy atom. The van der Waals surface area contributed by atoms with E-state index in [2.05, 4.69) is 113 Å². The van der Waals surface area contributed by atoms with Crippen LogP contribution >= 0.6 is 0 Å². The van der Waals surface area contributed by atoms with Crippen LogP contribution < -0.4 is 24.8 Å². The third kappa shape index (κ3) is 7.49. The van der Waals surface area contributed by atoms with Crippen LogP contribution in [0.5, 0.6) is 0 Å². The van der Waals surface area contributed by atoms with E-state index in [9.17, 15) is 0 Å². The number of aromatic nitrogens is 5. The van der Waals surface area contributed by atoms with Gasteiger partial charge in [-0.1, -0.05) is 58.0 Å². The molecule has 0 saturated heterocycles. The van der Waals surface area contributed by atoms with E-state index in [-0.39, 0.29) is 41.6 Å². The molecule has 41 heavy (non-hydrogen) atoms. The molecule has 0 bridgehead atoms. The fourth-order valence-electron chi connectivity index (χ4n) is 5.24. The van der Waals surface area contributed by atoms with Gasteiger partial charge in [0.25, 0.3) is 0 Å². The van der Waals surface area contributed by atoms with Crippen LogP contribution in [0.25, 0.3) is 45.1 Å². The molecule has 0 spiro atoms. The predicted molar refractivity (Wildman–Crippen MR) is 157 cm³/mol. The first kappa shape index (κ1) is 34.7. The van der Waals surface area contributed by atoms with Gasteiger partial charge in [0.2, 0.25) is 0 Å². The van der Waals surface area contributed by atoms with E-state index < -0.39 is 0 Å². The van der Waals surface area contributed by atoms with Gasteiger partial charge in [0.05, 0.1) is 22.1 Å². The standard InChI is InChI=1S/C31H39N7.2ClH.Co/c1-5-35(6-2)20-22-37-28-18-11-9-14-24(28)33-30(37)26-16-13-17-27(32-26)31-34-25-15-10-12-19-29(25)38(31)23-21-36(7-3)8-4;;;/h9-19H,5-8,20-23H2,1-4H3;2*1H;/q;;;+2/p-2. The van der Waals surface area contributed by atoms with Crippen molar-refractivity contribution in [1.29, 1.82) is 0 Å². The molecule has 0 fully saturated rings. The number of hydrogen-bond acceptors (Lipinski definition) is 5. The van der Waals surface area contributed by atoms with Gasteiger partial charge in [0.15, 0.2) is 11.6 Å². The number of likely N-dealkylation sites (N-methyl/N-ethyl adjacent to an activating group) is 2. The summed E-state index contributed by atoms with van der Waals surface area (Å²) in [5, 5.41) is 0. The quantitative estimate of drug-likeness (QED) is 0.190. The van der Waals surface area contributed by atoms with Gasteiger partial charge < -0.3 is 43.7 Å². The summed E-state index contributed by atoms with van der Waals surface area (Å²) in [7, 11) is 0. The number of imidazole rings is 2. The normalized spacial score (nSPS) is 11.1. The Kier molecular flexibility index (Phi) is 13.8. The molecule has 5 aromatic rings. The van der Waals surface area contributed by atoms with Crippen LogP contribution in [-0.4, -0.2) is 73.2 Å². The van der Waals surface area contributed by atoms with E-state index >= 15 is 0 Å². The van der Waals surface area contributed by atoms with Crippen molar-refractivity contribution in [1.82, 2.24) is 33.9 Å². The van der Waals surface area contributed by atoms with E-state index in [0.717, 1.165) is 97.5 Å². The molecule has 5 rings (SSSR count). The Labute approximate surface area is 266 Å². The predicted octanol–water partition coefficient (Wildman–Crippen LogP) is -0.196. The summed E-state index contributed by atoms with van der Waals surface area (Å²) in [6.45, 7) is 16.7. The number of pyridine rings is 1. The molecular weight excluding hydrogens is 600 g/mol. The first-order valence-corrected chi connectivity index (χ1v) is 14.0. The second kappa shape index (κ2) is 16.2. The zero-order valence-electron chi connectivity index (χ0n) is 24.2. The molecular formula is C31H39Cl2CoN7. The summed E-state index contributed by atoms with van der Waals surface area (Å²) in [6.07, 6.45) is 0. The van der Waals surface area contributed by atoms with Crippen LogP contribution in [0.3, 0.4) is 0 Å². The smallest absolute Gasteiger partial charge is 1.00 e. The van der Waals surface area contributed by atoms with Crippen molar-refractivity contribution in [3.05, 3.63) is 66.7 Å². The van der Waals surface area contributed by atoms with Crippen molar-refractivity contribution >= 4 is 22.1 Å². The number of para-hydroxylation sites is 4. The third-order valence-corrected chi connectivity index (χ3v) is 7.58. The van der Waals surface area contributed by atoms with E-state index in [1.165, 1.54) is 0 Å². The first-order chi connectivity index (χ1) is 18.7. The van der Waals surface area contributed by atoms with Crippen LogP contribution in [0.15, 0.2) is 66.7 Å². The molecule has 0 N–H and O–H groups in total. The minimum Gasteiger partial charge on any atom is -1.00 e. The average Bonchev–Trinajstić information content (AvgIpc) is 3.53. The molecule has 0 aliphatic heterocycles. The van der Waals surface area contributed by atoms with Crippen LogP contribution in [0.1, 0.15) is 27.7 Å². The number of fused-ring (bicyclic) bond motifs is 2. The Morgan fingerprint density at radius 1 is 0.537 bits per heavy atom. The van der Waals surface area contributed by atoms with E-state index in [4.69, 9.17) is 15.0 Å². The minimum atomic E-state index is 0. The van der Waals surface area contributed by atoms with Crippen molar-refractivity contribution in [3.8, 4) is 23.0 Å². The largest absolute Gasteiger partial charge is 2.00 e. The molecule has 2 aromatic carbocycles. The maximum atomic E-state index is 5.17. The van der Waals surface area contributed by atoms with Gasteiger partial charge in [-0.3, -0.25) is 0 Å². The SMILES string of the molecule is CCN(CC)CCn1c(-c2cccc(-c3nc4ccccc4n3CCN(CC)CC)n2)nc2ccccc21.[Cl-].[Cl-].[Co+2]. The molecule has 0 unspecified atom stereocenters. The van der Waals surface area contributed by atoms with E-state index in [1.807, 2.05) is 0 Å². The third-order valence-electron chi connectivity index (χ3n) is 7.58. The number of rotatable bonds is 12. The van der Waals surface area contributed by atoms with Gasteiger partial charge in [0, 0.05) is 26.2 Å². The summed E-state index contributed by atoms with van der Waals surface area (Å²) in [4.78, 5) is 20.1. The summed E-state index contributed by atoms with van der Waals surface area (Å²) >= 11 is 0. The molecule has 0 saturated carbocycles. The molecule has 7 nitrogen and oxygen atoms in total. The van der Waals surface area contributed by atoms with Crippen LogP contribution in [-0.2, 0) is 29.9 Å². The summed E-state index contributed by atoms with van der Waals surface area (Å²) in [5.74, 6) is 1.82. The molecule has 10 heteroatoms. The number of hydrogen-bond donors (Lipinski definition) is 0. The molecule has 3 heterocycles. The number of nitrogens with zero attached hydrogens (tertiary/aromatic N) is 7. The molecule has 1 radical (unpaired) electrons. The number of benzene rings is 2. The Balaban J connectivity index is 0.00000196. The van der Waals surface area contributed by atoms with Crippen molar-refractivity contribution in [2.45, 2.75) is 40.8 Å². The number of halogens is 2. The van der Waals surface area contributed by atoms with Gasteiger partial charge in [-0.15, -0.1) is 0 Å². The van der Waals surface area contributed by atoms with Crippen molar-refractivity contribution in [2.75, 3.05) is 39.3 Å². The first-order valence-electron chi connectivity index (χ1n) is 14.0. The zero-order chi connectivity index (χ0) is 26.5. The summed E-state index contributed by atoms with van der Waals surface area (Å²) in [6, 6.07) is 23.0. The summed E-state index contributed by atoms with van der Waals surface area (Å²) in [5.41, 5.74) is 6.05. The average molecular weight is 640 g/mol. The topological polar surface area (TPSA) is 55.0 Å². The zero-order valence-corrected chi connectivity index (χ0v) is 26.8. The van der Waals surface area contributed by atoms with Crippen molar-refractivity contribution < 1.29 is 41.6 Å². The van der Waals surface area contributed by atoms with Gasteiger partial charge in [-0.05, 0) is 62.6 Å². The molecule has 221 valence electrons. The van der Waals surface area contributed by atoms with Crippen molar-refractivity contribution in [2.24, 2.45) is 0 Å². The maximum absolute atomic E-state index is 5.17. The van der Waals surface area contributed by atoms with Crippen LogP contribution in [0.2, 0.25) is 0 Å². The van der Waals surface area contributed by atoms with Gasteiger partial charge in [-0.25, -0.2) is 15.0 Å². The Hall–Kier alpha value is -2.46. The molecule has 0 atom stereocenters. The monoisotopic (exact) mass is 638 g/mol. The van der Waals surface area contributed by atoms with E-state index in [0.29, 0.717) is 0 Å². The minimum absolute atomic E-state index is 0. The Bertz CT molecular complexity index is 1400. The molecule has 0 amide bonds. The van der Waals surface area contributed by atoms with Crippen molar-refractivity contribution in [3.63, 3.8) is 0 Å². The van der Waals surface area contributed by atoms with Gasteiger partial charge in [0.1, 0.15) is 11.4 Å².